The smallest absolute Gasteiger partial charge is 0.159 e. The minimum atomic E-state index is 0.106. The lowest BCUT2D eigenvalue weighted by molar-refractivity contribution is 0.101. The molecule has 0 N–H and O–H groups in total. The van der Waals surface area contributed by atoms with E-state index in [9.17, 15) is 4.79 Å². The summed E-state index contributed by atoms with van der Waals surface area (Å²) >= 11 is 0. The van der Waals surface area contributed by atoms with Gasteiger partial charge in [-0.15, -0.1) is 0 Å². The highest BCUT2D eigenvalue weighted by Gasteiger charge is 2.17. The highest BCUT2D eigenvalue weighted by molar-refractivity contribution is 5.94. The van der Waals surface area contributed by atoms with E-state index in [0.717, 1.165) is 44.0 Å². The monoisotopic (exact) mass is 257 g/mol. The molecule has 0 unspecified atom stereocenters. The normalized spacial score (nSPS) is 16.1. The van der Waals surface area contributed by atoms with Crippen LogP contribution in [-0.4, -0.2) is 43.4 Å². The van der Waals surface area contributed by atoms with E-state index in [2.05, 4.69) is 21.9 Å². The summed E-state index contributed by atoms with van der Waals surface area (Å²) < 4.78 is 0. The summed E-state index contributed by atoms with van der Waals surface area (Å²) in [6.45, 7) is 6.31. The fraction of sp³-hybridized carbons (Fsp3) is 0.467. The average Bonchev–Trinajstić information content (AvgIpc) is 2.46. The van der Waals surface area contributed by atoms with Crippen molar-refractivity contribution in [3.8, 4) is 6.07 Å². The summed E-state index contributed by atoms with van der Waals surface area (Å²) in [5, 5.41) is 8.59. The molecule has 100 valence electrons. The molecule has 1 aromatic carbocycles. The number of carbonyl (C=O) groups excluding carboxylic acids is 1. The summed E-state index contributed by atoms with van der Waals surface area (Å²) in [5.74, 6) is 0.106. The summed E-state index contributed by atoms with van der Waals surface area (Å²) in [4.78, 5) is 16.0. The Morgan fingerprint density at radius 1 is 1.32 bits per heavy atom. The van der Waals surface area contributed by atoms with Crippen LogP contribution in [0.15, 0.2) is 24.3 Å². The molecule has 0 aliphatic carbocycles. The summed E-state index contributed by atoms with van der Waals surface area (Å²) in [6, 6.07) is 10.00. The van der Waals surface area contributed by atoms with Crippen LogP contribution in [0.1, 0.15) is 23.7 Å². The van der Waals surface area contributed by atoms with Crippen LogP contribution in [0.2, 0.25) is 0 Å². The maximum Gasteiger partial charge on any atom is 0.159 e. The van der Waals surface area contributed by atoms with E-state index in [1.165, 1.54) is 0 Å². The lowest BCUT2D eigenvalue weighted by atomic mass is 10.1. The number of hydrogen-bond acceptors (Lipinski definition) is 4. The Balaban J connectivity index is 1.96. The van der Waals surface area contributed by atoms with Crippen LogP contribution in [0.4, 0.5) is 5.69 Å². The molecule has 0 spiro atoms. The van der Waals surface area contributed by atoms with Gasteiger partial charge in [-0.3, -0.25) is 9.69 Å². The topological polar surface area (TPSA) is 47.3 Å². The lowest BCUT2D eigenvalue weighted by Crippen LogP contribution is -2.46. The zero-order chi connectivity index (χ0) is 13.7. The van der Waals surface area contributed by atoms with Crippen molar-refractivity contribution >= 4 is 11.5 Å². The Morgan fingerprint density at radius 3 is 2.68 bits per heavy atom. The van der Waals surface area contributed by atoms with Crippen molar-refractivity contribution in [1.29, 1.82) is 5.26 Å². The second-order valence-corrected chi connectivity index (χ2v) is 4.84. The maximum absolute atomic E-state index is 11.4. The summed E-state index contributed by atoms with van der Waals surface area (Å²) in [6.07, 6.45) is 0.597. The zero-order valence-electron chi connectivity index (χ0n) is 11.3. The minimum absolute atomic E-state index is 0.106. The second kappa shape index (κ2) is 6.35. The van der Waals surface area contributed by atoms with E-state index in [0.29, 0.717) is 6.42 Å². The molecule has 1 saturated heterocycles. The van der Waals surface area contributed by atoms with Gasteiger partial charge in [-0.05, 0) is 19.1 Å². The first kappa shape index (κ1) is 13.6. The standard InChI is InChI=1S/C15H19N3O/c1-13(19)14-4-2-5-15(12-14)18-10-8-17(9-11-18)7-3-6-16/h2,4-5,12H,3,7-11H2,1H3. The van der Waals surface area contributed by atoms with Gasteiger partial charge in [0, 0.05) is 50.4 Å². The molecule has 1 aliphatic heterocycles. The van der Waals surface area contributed by atoms with Gasteiger partial charge in [0.15, 0.2) is 5.78 Å². The third kappa shape index (κ3) is 3.55. The van der Waals surface area contributed by atoms with E-state index in [-0.39, 0.29) is 5.78 Å². The molecule has 1 aliphatic rings. The maximum atomic E-state index is 11.4. The van der Waals surface area contributed by atoms with Gasteiger partial charge < -0.3 is 4.90 Å². The second-order valence-electron chi connectivity index (χ2n) is 4.84. The van der Waals surface area contributed by atoms with Crippen molar-refractivity contribution in [3.05, 3.63) is 29.8 Å². The van der Waals surface area contributed by atoms with Crippen molar-refractivity contribution in [2.45, 2.75) is 13.3 Å². The number of anilines is 1. The van der Waals surface area contributed by atoms with E-state index in [1.54, 1.807) is 6.92 Å². The van der Waals surface area contributed by atoms with Crippen LogP contribution in [0.25, 0.3) is 0 Å². The molecule has 0 bridgehead atoms. The number of carbonyl (C=O) groups is 1. The molecule has 0 saturated carbocycles. The van der Waals surface area contributed by atoms with E-state index < -0.39 is 0 Å². The number of benzene rings is 1. The van der Waals surface area contributed by atoms with Crippen LogP contribution in [-0.2, 0) is 0 Å². The first-order valence-corrected chi connectivity index (χ1v) is 6.66. The van der Waals surface area contributed by atoms with Crippen molar-refractivity contribution < 1.29 is 4.79 Å². The molecule has 0 atom stereocenters. The van der Waals surface area contributed by atoms with Gasteiger partial charge in [0.2, 0.25) is 0 Å². The molecule has 19 heavy (non-hydrogen) atoms. The number of ketones is 1. The fourth-order valence-corrected chi connectivity index (χ4v) is 2.36. The number of rotatable bonds is 4. The van der Waals surface area contributed by atoms with Gasteiger partial charge in [-0.25, -0.2) is 0 Å². The van der Waals surface area contributed by atoms with Crippen LogP contribution in [0.3, 0.4) is 0 Å². The Hall–Kier alpha value is -1.86. The molecule has 2 rings (SSSR count). The van der Waals surface area contributed by atoms with E-state index in [4.69, 9.17) is 5.26 Å². The van der Waals surface area contributed by atoms with Gasteiger partial charge in [0.1, 0.15) is 0 Å². The molecule has 1 aromatic rings. The molecule has 4 heteroatoms. The van der Waals surface area contributed by atoms with Crippen molar-refractivity contribution in [1.82, 2.24) is 4.90 Å². The average molecular weight is 257 g/mol. The van der Waals surface area contributed by atoms with Gasteiger partial charge in [0.25, 0.3) is 0 Å². The number of hydrogen-bond donors (Lipinski definition) is 0. The predicted octanol–water partition coefficient (Wildman–Crippen LogP) is 1.92. The first-order chi connectivity index (χ1) is 9.20. The Bertz CT molecular complexity index is 484. The number of piperazine rings is 1. The third-order valence-electron chi connectivity index (χ3n) is 3.53. The molecule has 0 radical (unpaired) electrons. The fourth-order valence-electron chi connectivity index (χ4n) is 2.36. The first-order valence-electron chi connectivity index (χ1n) is 6.66. The minimum Gasteiger partial charge on any atom is -0.369 e. The van der Waals surface area contributed by atoms with Crippen molar-refractivity contribution in [2.24, 2.45) is 0 Å². The van der Waals surface area contributed by atoms with Crippen molar-refractivity contribution in [3.63, 3.8) is 0 Å². The van der Waals surface area contributed by atoms with Gasteiger partial charge in [-0.1, -0.05) is 12.1 Å². The highest BCUT2D eigenvalue weighted by Crippen LogP contribution is 2.18. The SMILES string of the molecule is CC(=O)c1cccc(N2CCN(CCC#N)CC2)c1. The molecule has 1 fully saturated rings. The largest absolute Gasteiger partial charge is 0.369 e. The van der Waals surface area contributed by atoms with Gasteiger partial charge >= 0.3 is 0 Å². The zero-order valence-corrected chi connectivity index (χ0v) is 11.3. The third-order valence-corrected chi connectivity index (χ3v) is 3.53. The Labute approximate surface area is 114 Å². The molecule has 1 heterocycles. The molecular formula is C15H19N3O. The van der Waals surface area contributed by atoms with E-state index in [1.807, 2.05) is 18.2 Å². The van der Waals surface area contributed by atoms with Crippen LogP contribution in [0, 0.1) is 11.3 Å². The molecule has 4 nitrogen and oxygen atoms in total. The van der Waals surface area contributed by atoms with Crippen molar-refractivity contribution in [2.75, 3.05) is 37.6 Å². The quantitative estimate of drug-likeness (QED) is 0.773. The Morgan fingerprint density at radius 2 is 2.05 bits per heavy atom. The number of nitrogens with zero attached hydrogens (tertiary/aromatic N) is 3. The molecule has 0 aromatic heterocycles. The Kier molecular flexibility index (Phi) is 4.53. The van der Waals surface area contributed by atoms with Crippen LogP contribution in [0.5, 0.6) is 0 Å². The summed E-state index contributed by atoms with van der Waals surface area (Å²) in [5.41, 5.74) is 1.89. The lowest BCUT2D eigenvalue weighted by Gasteiger charge is -2.35. The van der Waals surface area contributed by atoms with Crippen LogP contribution < -0.4 is 4.90 Å². The van der Waals surface area contributed by atoms with Crippen LogP contribution >= 0.6 is 0 Å². The highest BCUT2D eigenvalue weighted by atomic mass is 16.1. The van der Waals surface area contributed by atoms with Gasteiger partial charge in [0.05, 0.1) is 6.07 Å². The summed E-state index contributed by atoms with van der Waals surface area (Å²) in [7, 11) is 0. The molecule has 0 amide bonds. The number of nitriles is 1. The number of Topliss-reactive ketones (excluding diaryl/α,β-unsaturated/α-hetero) is 1. The molecular weight excluding hydrogens is 238 g/mol. The van der Waals surface area contributed by atoms with Gasteiger partial charge in [-0.2, -0.15) is 5.26 Å². The van der Waals surface area contributed by atoms with E-state index >= 15 is 0 Å². The predicted molar refractivity (Wildman–Crippen MR) is 75.3 cm³/mol.